The number of hydrogen-bond acceptors (Lipinski definition) is 4. The highest BCUT2D eigenvalue weighted by Gasteiger charge is 2.71. The Morgan fingerprint density at radius 2 is 1.57 bits per heavy atom. The van der Waals surface area contributed by atoms with Gasteiger partial charge in [-0.15, -0.1) is 23.7 Å². The number of thiophene rings is 1. The first-order chi connectivity index (χ1) is 15.8. The van der Waals surface area contributed by atoms with E-state index >= 15 is 0 Å². The van der Waals surface area contributed by atoms with Gasteiger partial charge in [-0.3, -0.25) is 4.98 Å². The van der Waals surface area contributed by atoms with Crippen molar-refractivity contribution in [2.24, 2.45) is 5.73 Å². The molecule has 0 saturated carbocycles. The van der Waals surface area contributed by atoms with E-state index in [1.165, 1.54) is 17.4 Å². The van der Waals surface area contributed by atoms with E-state index < -0.39 is 29.6 Å². The van der Waals surface area contributed by atoms with Gasteiger partial charge >= 0.3 is 12.4 Å². The van der Waals surface area contributed by atoms with Crippen molar-refractivity contribution in [3.05, 3.63) is 87.9 Å². The van der Waals surface area contributed by atoms with Crippen LogP contribution in [0, 0.1) is 0 Å². The fourth-order valence-corrected chi connectivity index (χ4v) is 5.07. The number of rotatable bonds is 4. The number of pyridine rings is 1. The molecule has 0 spiro atoms. The summed E-state index contributed by atoms with van der Waals surface area (Å²) in [6.45, 7) is 0. The fourth-order valence-electron chi connectivity index (χ4n) is 3.61. The highest BCUT2D eigenvalue weighted by molar-refractivity contribution is 7.19. The maximum absolute atomic E-state index is 13.3. The van der Waals surface area contributed by atoms with E-state index in [9.17, 15) is 31.4 Å². The van der Waals surface area contributed by atoms with Gasteiger partial charge in [-0.05, 0) is 35.2 Å². The monoisotopic (exact) mass is 552 g/mol. The van der Waals surface area contributed by atoms with Gasteiger partial charge in [0.15, 0.2) is 0 Å². The summed E-state index contributed by atoms with van der Waals surface area (Å²) in [6.07, 6.45) is -11.2. The van der Waals surface area contributed by atoms with Crippen LogP contribution < -0.4 is 5.73 Å². The molecule has 2 heterocycles. The highest BCUT2D eigenvalue weighted by atomic mass is 35.5. The van der Waals surface area contributed by atoms with Crippen LogP contribution in [-0.4, -0.2) is 22.4 Å². The predicted octanol–water partition coefficient (Wildman–Crippen LogP) is 7.40. The first-order valence-electron chi connectivity index (χ1n) is 9.70. The largest absolute Gasteiger partial charge is 0.430 e. The molecule has 0 saturated heterocycles. The third-order valence-electron chi connectivity index (χ3n) is 5.38. The summed E-state index contributed by atoms with van der Waals surface area (Å²) in [5.74, 6) is 0. The van der Waals surface area contributed by atoms with E-state index in [4.69, 9.17) is 17.3 Å². The van der Waals surface area contributed by atoms with Crippen molar-refractivity contribution in [3.63, 3.8) is 0 Å². The topological polar surface area (TPSA) is 59.1 Å². The average molecular weight is 553 g/mol. The van der Waals surface area contributed by atoms with E-state index in [0.29, 0.717) is 43.2 Å². The summed E-state index contributed by atoms with van der Waals surface area (Å²) < 4.78 is 80.6. The minimum absolute atomic E-state index is 0. The molecule has 0 bridgehead atoms. The zero-order valence-electron chi connectivity index (χ0n) is 17.4. The van der Waals surface area contributed by atoms with E-state index in [-0.39, 0.29) is 18.1 Å². The Balaban J connectivity index is 0.00000342. The average Bonchev–Trinajstić information content (AvgIpc) is 3.21. The number of alkyl halides is 6. The first-order valence-corrected chi connectivity index (χ1v) is 10.9. The third kappa shape index (κ3) is 4.73. The van der Waals surface area contributed by atoms with Gasteiger partial charge in [0.1, 0.15) is 0 Å². The van der Waals surface area contributed by atoms with Gasteiger partial charge in [0.05, 0.1) is 11.7 Å². The molecule has 3 nitrogen and oxygen atoms in total. The molecule has 4 aromatic rings. The van der Waals surface area contributed by atoms with Crippen molar-refractivity contribution in [3.8, 4) is 11.3 Å². The molecule has 2 aromatic heterocycles. The summed E-state index contributed by atoms with van der Waals surface area (Å²) in [5, 5.41) is 10.9. The van der Waals surface area contributed by atoms with E-state index in [0.717, 1.165) is 6.20 Å². The van der Waals surface area contributed by atoms with Crippen molar-refractivity contribution in [2.45, 2.75) is 24.0 Å². The van der Waals surface area contributed by atoms with Crippen LogP contribution in [0.1, 0.15) is 22.0 Å². The van der Waals surface area contributed by atoms with E-state index in [2.05, 4.69) is 4.98 Å². The standard InChI is InChI=1S/C23H15ClF6N2OS.ClH/c24-16-7-2-1-5-14(16)19(31)18-10-12-4-3-6-15(20(12)34-18)17-11-13(8-9-32-17)21(33,22(25,26)27)23(28,29)30;/h1-11,19,33H,31H2;1H/t19-;/m1./s1. The van der Waals surface area contributed by atoms with Gasteiger partial charge in [-0.2, -0.15) is 26.3 Å². The Hall–Kier alpha value is -2.37. The molecular weight excluding hydrogens is 537 g/mol. The van der Waals surface area contributed by atoms with Crippen molar-refractivity contribution in [2.75, 3.05) is 0 Å². The number of hydrogen-bond donors (Lipinski definition) is 2. The predicted molar refractivity (Wildman–Crippen MR) is 126 cm³/mol. The van der Waals surface area contributed by atoms with E-state index in [1.54, 1.807) is 42.5 Å². The van der Waals surface area contributed by atoms with Crippen LogP contribution in [0.4, 0.5) is 26.3 Å². The van der Waals surface area contributed by atoms with Crippen LogP contribution in [-0.2, 0) is 5.60 Å². The molecule has 0 unspecified atom stereocenters. The number of aromatic nitrogens is 1. The lowest BCUT2D eigenvalue weighted by atomic mass is 9.91. The third-order valence-corrected chi connectivity index (χ3v) is 7.00. The van der Waals surface area contributed by atoms with Gasteiger partial charge in [0.2, 0.25) is 0 Å². The number of halogens is 8. The van der Waals surface area contributed by atoms with Crippen LogP contribution in [0.25, 0.3) is 21.3 Å². The molecule has 3 N–H and O–H groups in total. The van der Waals surface area contributed by atoms with Gasteiger partial charge < -0.3 is 10.8 Å². The van der Waals surface area contributed by atoms with Crippen LogP contribution in [0.2, 0.25) is 5.02 Å². The molecule has 4 rings (SSSR count). The van der Waals surface area contributed by atoms with Crippen molar-refractivity contribution in [1.82, 2.24) is 4.98 Å². The fraction of sp³-hybridized carbons (Fsp3) is 0.174. The second kappa shape index (κ2) is 9.59. The quantitative estimate of drug-likeness (QED) is 0.259. The lowest BCUT2D eigenvalue weighted by Crippen LogP contribution is -2.53. The molecule has 35 heavy (non-hydrogen) atoms. The van der Waals surface area contributed by atoms with E-state index in [1.807, 2.05) is 0 Å². The molecule has 0 fully saturated rings. The number of fused-ring (bicyclic) bond motifs is 1. The molecule has 0 aliphatic rings. The normalized spacial score (nSPS) is 13.5. The minimum atomic E-state index is -5.99. The summed E-state index contributed by atoms with van der Waals surface area (Å²) in [7, 11) is 0. The van der Waals surface area contributed by atoms with Crippen molar-refractivity contribution < 1.29 is 31.4 Å². The summed E-state index contributed by atoms with van der Waals surface area (Å²) in [5.41, 5.74) is 0.762. The van der Waals surface area contributed by atoms with Crippen LogP contribution >= 0.6 is 35.3 Å². The van der Waals surface area contributed by atoms with Crippen LogP contribution in [0.3, 0.4) is 0 Å². The Labute approximate surface area is 210 Å². The van der Waals surface area contributed by atoms with Gasteiger partial charge in [0, 0.05) is 31.9 Å². The van der Waals surface area contributed by atoms with Crippen molar-refractivity contribution >= 4 is 45.4 Å². The Morgan fingerprint density at radius 1 is 0.914 bits per heavy atom. The molecule has 186 valence electrons. The maximum atomic E-state index is 13.3. The zero-order valence-corrected chi connectivity index (χ0v) is 19.8. The highest BCUT2D eigenvalue weighted by Crippen LogP contribution is 2.50. The molecule has 1 atom stereocenters. The number of aliphatic hydroxyl groups is 1. The van der Waals surface area contributed by atoms with Gasteiger partial charge in [-0.1, -0.05) is 48.0 Å². The smallest absolute Gasteiger partial charge is 0.369 e. The summed E-state index contributed by atoms with van der Waals surface area (Å²) in [4.78, 5) is 4.66. The van der Waals surface area contributed by atoms with Crippen LogP contribution in [0.5, 0.6) is 0 Å². The molecule has 0 radical (unpaired) electrons. The molecular formula is C23H16Cl2F6N2OS. The van der Waals surface area contributed by atoms with Gasteiger partial charge in [-0.25, -0.2) is 0 Å². The maximum Gasteiger partial charge on any atom is 0.430 e. The Bertz CT molecular complexity index is 1340. The molecule has 0 aliphatic heterocycles. The molecule has 12 heteroatoms. The molecule has 2 aromatic carbocycles. The first kappa shape index (κ1) is 27.2. The number of nitrogens with two attached hydrogens (primary N) is 1. The molecule has 0 amide bonds. The SMILES string of the molecule is Cl.N[C@@H](c1cc2cccc(-c3cc(C(O)(C(F)(F)F)C(F)(F)F)ccn3)c2s1)c1ccccc1Cl. The van der Waals surface area contributed by atoms with Crippen LogP contribution in [0.15, 0.2) is 66.9 Å². The lowest BCUT2D eigenvalue weighted by Gasteiger charge is -2.32. The van der Waals surface area contributed by atoms with Crippen molar-refractivity contribution in [1.29, 1.82) is 0 Å². The summed E-state index contributed by atoms with van der Waals surface area (Å²) >= 11 is 7.46. The summed E-state index contributed by atoms with van der Waals surface area (Å²) in [6, 6.07) is 14.1. The second-order valence-electron chi connectivity index (χ2n) is 7.51. The second-order valence-corrected chi connectivity index (χ2v) is 9.00. The Morgan fingerprint density at radius 3 is 2.20 bits per heavy atom. The number of benzene rings is 2. The zero-order chi connectivity index (χ0) is 24.9. The lowest BCUT2D eigenvalue weighted by molar-refractivity contribution is -0.376. The molecule has 0 aliphatic carbocycles. The van der Waals surface area contributed by atoms with Gasteiger partial charge in [0.25, 0.3) is 5.60 Å². The number of nitrogens with zero attached hydrogens (tertiary/aromatic N) is 1. The minimum Gasteiger partial charge on any atom is -0.369 e. The Kier molecular flexibility index (Phi) is 7.46.